The maximum Gasteiger partial charge on any atom is 0.416 e. The number of nitrogens with zero attached hydrogens (tertiary/aromatic N) is 3. The zero-order valence-corrected chi connectivity index (χ0v) is 18.6. The van der Waals surface area contributed by atoms with Crippen molar-refractivity contribution in [3.05, 3.63) is 59.2 Å². The molecular weight excluding hydrogens is 467 g/mol. The highest BCUT2D eigenvalue weighted by Crippen LogP contribution is 2.32. The van der Waals surface area contributed by atoms with Crippen molar-refractivity contribution < 1.29 is 21.6 Å². The van der Waals surface area contributed by atoms with Gasteiger partial charge in [-0.25, -0.2) is 18.4 Å². The fourth-order valence-electron chi connectivity index (χ4n) is 3.14. The van der Waals surface area contributed by atoms with E-state index >= 15 is 0 Å². The van der Waals surface area contributed by atoms with Crippen LogP contribution in [0.2, 0.25) is 0 Å². The first-order chi connectivity index (χ1) is 14.7. The van der Waals surface area contributed by atoms with Gasteiger partial charge in [0.2, 0.25) is 10.0 Å². The number of thioether (sulfide) groups is 1. The summed E-state index contributed by atoms with van der Waals surface area (Å²) in [6.45, 7) is 1.09. The lowest BCUT2D eigenvalue weighted by atomic mass is 10.1. The second-order valence-corrected chi connectivity index (χ2v) is 10.7. The molecule has 0 atom stereocenters. The van der Waals surface area contributed by atoms with E-state index in [4.69, 9.17) is 0 Å². The Labute approximate surface area is 186 Å². The summed E-state index contributed by atoms with van der Waals surface area (Å²) < 4.78 is 64.7. The molecular formula is C20H18F3N3O2S3. The van der Waals surface area contributed by atoms with Gasteiger partial charge in [0.05, 0.1) is 16.3 Å². The van der Waals surface area contributed by atoms with Gasteiger partial charge in [-0.1, -0.05) is 12.1 Å². The normalized spacial score (nSPS) is 15.5. The molecule has 0 radical (unpaired) electrons. The molecule has 3 aromatic rings. The molecule has 4 rings (SSSR count). The topological polar surface area (TPSA) is 63.2 Å². The van der Waals surface area contributed by atoms with Gasteiger partial charge in [-0.15, -0.1) is 23.1 Å². The number of halogens is 3. The van der Waals surface area contributed by atoms with E-state index in [1.807, 2.05) is 5.38 Å². The molecule has 0 aliphatic carbocycles. The van der Waals surface area contributed by atoms with Crippen LogP contribution in [0.1, 0.15) is 24.1 Å². The number of rotatable bonds is 6. The fourth-order valence-corrected chi connectivity index (χ4v) is 6.27. The summed E-state index contributed by atoms with van der Waals surface area (Å²) >= 11 is 2.78. The Morgan fingerprint density at radius 2 is 1.77 bits per heavy atom. The van der Waals surface area contributed by atoms with Gasteiger partial charge in [0.25, 0.3) is 0 Å². The highest BCUT2D eigenvalue weighted by atomic mass is 32.2. The van der Waals surface area contributed by atoms with Crippen molar-refractivity contribution in [3.63, 3.8) is 0 Å². The van der Waals surface area contributed by atoms with Gasteiger partial charge in [0.1, 0.15) is 9.90 Å². The van der Waals surface area contributed by atoms with Gasteiger partial charge in [-0.3, -0.25) is 0 Å². The van der Waals surface area contributed by atoms with Gasteiger partial charge in [-0.05, 0) is 37.1 Å². The number of benzene rings is 1. The van der Waals surface area contributed by atoms with Crippen LogP contribution in [0.25, 0.3) is 10.6 Å². The van der Waals surface area contributed by atoms with Crippen molar-refractivity contribution in [3.8, 4) is 10.6 Å². The van der Waals surface area contributed by atoms with Crippen molar-refractivity contribution in [2.45, 2.75) is 34.7 Å². The average Bonchev–Trinajstić information content (AvgIpc) is 3.45. The lowest BCUT2D eigenvalue weighted by molar-refractivity contribution is -0.137. The molecule has 1 aliphatic heterocycles. The van der Waals surface area contributed by atoms with Crippen molar-refractivity contribution in [1.82, 2.24) is 14.3 Å². The molecule has 0 saturated carbocycles. The van der Waals surface area contributed by atoms with Gasteiger partial charge in [-0.2, -0.15) is 17.5 Å². The van der Waals surface area contributed by atoms with E-state index in [0.29, 0.717) is 34.4 Å². The molecule has 0 spiro atoms. The second kappa shape index (κ2) is 8.89. The lowest BCUT2D eigenvalue weighted by Gasteiger charge is -2.15. The first-order valence-corrected chi connectivity index (χ1v) is 12.7. The van der Waals surface area contributed by atoms with Crippen LogP contribution in [-0.2, 0) is 22.0 Å². The largest absolute Gasteiger partial charge is 0.416 e. The van der Waals surface area contributed by atoms with Crippen LogP contribution in [0, 0.1) is 0 Å². The first kappa shape index (κ1) is 22.3. The summed E-state index contributed by atoms with van der Waals surface area (Å²) in [6, 6.07) is 8.17. The Bertz CT molecular complexity index is 1140. The van der Waals surface area contributed by atoms with Crippen LogP contribution in [-0.4, -0.2) is 35.8 Å². The predicted molar refractivity (Wildman–Crippen MR) is 114 cm³/mol. The van der Waals surface area contributed by atoms with E-state index in [2.05, 4.69) is 9.97 Å². The molecule has 0 unspecified atom stereocenters. The molecule has 5 nitrogen and oxygen atoms in total. The molecule has 31 heavy (non-hydrogen) atoms. The number of alkyl halides is 3. The minimum atomic E-state index is -4.36. The number of hydrogen-bond acceptors (Lipinski definition) is 6. The van der Waals surface area contributed by atoms with Crippen LogP contribution in [0.15, 0.2) is 57.9 Å². The SMILES string of the molecule is O=S(=O)(c1ccc(SCc2csc(-c3ccc(C(F)(F)F)cc3)n2)nc1)N1CCCC1. The highest BCUT2D eigenvalue weighted by Gasteiger charge is 2.30. The van der Waals surface area contributed by atoms with E-state index in [-0.39, 0.29) is 4.90 Å². The molecule has 3 heterocycles. The average molecular weight is 486 g/mol. The number of aromatic nitrogens is 2. The third kappa shape index (κ3) is 5.11. The lowest BCUT2D eigenvalue weighted by Crippen LogP contribution is -2.27. The van der Waals surface area contributed by atoms with E-state index < -0.39 is 21.8 Å². The molecule has 1 saturated heterocycles. The summed E-state index contributed by atoms with van der Waals surface area (Å²) in [5.41, 5.74) is 0.717. The first-order valence-electron chi connectivity index (χ1n) is 9.44. The van der Waals surface area contributed by atoms with Crippen molar-refractivity contribution in [1.29, 1.82) is 0 Å². The number of sulfonamides is 1. The van der Waals surface area contributed by atoms with Crippen molar-refractivity contribution in [2.75, 3.05) is 13.1 Å². The van der Waals surface area contributed by atoms with Gasteiger partial charge >= 0.3 is 6.18 Å². The minimum Gasteiger partial charge on any atom is -0.249 e. The van der Waals surface area contributed by atoms with Gasteiger partial charge in [0, 0.05) is 36.0 Å². The monoisotopic (exact) mass is 485 g/mol. The Balaban J connectivity index is 1.38. The number of thiazole rings is 1. The fraction of sp³-hybridized carbons (Fsp3) is 0.300. The summed E-state index contributed by atoms with van der Waals surface area (Å²) in [7, 11) is -3.48. The van der Waals surface area contributed by atoms with Crippen LogP contribution >= 0.6 is 23.1 Å². The zero-order valence-electron chi connectivity index (χ0n) is 16.2. The summed E-state index contributed by atoms with van der Waals surface area (Å²) in [6.07, 6.45) is -1.23. The maximum absolute atomic E-state index is 12.7. The van der Waals surface area contributed by atoms with Gasteiger partial charge in [0.15, 0.2) is 0 Å². The maximum atomic E-state index is 12.7. The van der Waals surface area contributed by atoms with E-state index in [1.54, 1.807) is 12.1 Å². The van der Waals surface area contributed by atoms with E-state index in [0.717, 1.165) is 30.7 Å². The molecule has 11 heteroatoms. The van der Waals surface area contributed by atoms with Crippen LogP contribution in [0.3, 0.4) is 0 Å². The second-order valence-electron chi connectivity index (χ2n) is 6.95. The van der Waals surface area contributed by atoms with E-state index in [9.17, 15) is 21.6 Å². The third-order valence-electron chi connectivity index (χ3n) is 4.79. The van der Waals surface area contributed by atoms with E-state index in [1.165, 1.54) is 45.7 Å². The smallest absolute Gasteiger partial charge is 0.249 e. The van der Waals surface area contributed by atoms with Crippen LogP contribution < -0.4 is 0 Å². The standard InChI is InChI=1S/C20H18F3N3O2S3/c21-20(22,23)15-5-3-14(4-6-15)19-25-16(13-30-19)12-29-18-8-7-17(11-24-18)31(27,28)26-9-1-2-10-26/h3-8,11,13H,1-2,9-10,12H2. The Kier molecular flexibility index (Phi) is 6.38. The molecule has 1 fully saturated rings. The third-order valence-corrected chi connectivity index (χ3v) is 8.59. The molecule has 0 amide bonds. The minimum absolute atomic E-state index is 0.192. The van der Waals surface area contributed by atoms with Crippen molar-refractivity contribution >= 4 is 33.1 Å². The quantitative estimate of drug-likeness (QED) is 0.444. The van der Waals surface area contributed by atoms with Crippen LogP contribution in [0.5, 0.6) is 0 Å². The Morgan fingerprint density at radius 3 is 2.39 bits per heavy atom. The summed E-state index contributed by atoms with van der Waals surface area (Å²) in [4.78, 5) is 8.93. The number of pyridine rings is 1. The predicted octanol–water partition coefficient (Wildman–Crippen LogP) is 5.30. The summed E-state index contributed by atoms with van der Waals surface area (Å²) in [5, 5.41) is 3.17. The molecule has 1 aromatic carbocycles. The molecule has 1 aliphatic rings. The van der Waals surface area contributed by atoms with Crippen molar-refractivity contribution in [2.24, 2.45) is 0 Å². The van der Waals surface area contributed by atoms with Crippen LogP contribution in [0.4, 0.5) is 13.2 Å². The Morgan fingerprint density at radius 1 is 1.06 bits per heavy atom. The molecule has 0 N–H and O–H groups in total. The Hall–Kier alpha value is -1.95. The molecule has 2 aromatic heterocycles. The number of hydrogen-bond donors (Lipinski definition) is 0. The molecule has 164 valence electrons. The summed E-state index contributed by atoms with van der Waals surface area (Å²) in [5.74, 6) is 0.516. The molecule has 0 bridgehead atoms. The zero-order chi connectivity index (χ0) is 22.1. The van der Waals surface area contributed by atoms with Gasteiger partial charge < -0.3 is 0 Å². The highest BCUT2D eigenvalue weighted by molar-refractivity contribution is 7.98.